The molecule has 1 atom stereocenters. The van der Waals surface area contributed by atoms with E-state index < -0.39 is 6.10 Å². The van der Waals surface area contributed by atoms with Gasteiger partial charge in [-0.25, -0.2) is 0 Å². The van der Waals surface area contributed by atoms with Gasteiger partial charge in [0.25, 0.3) is 0 Å². The fraction of sp³-hybridized carbons (Fsp3) is 0.560. The zero-order valence-corrected chi connectivity index (χ0v) is 51.7. The third-order valence-electron chi connectivity index (χ3n) is 12.9. The molecule has 0 N–H and O–H groups in total. The highest BCUT2D eigenvalue weighted by atomic mass is 16.6. The van der Waals surface area contributed by atoms with Crippen molar-refractivity contribution in [2.45, 2.75) is 258 Å². The number of hydrogen-bond acceptors (Lipinski definition) is 6. The fourth-order valence-electron chi connectivity index (χ4n) is 8.17. The van der Waals surface area contributed by atoms with E-state index in [0.717, 1.165) is 161 Å². The molecule has 0 saturated heterocycles. The molecule has 0 spiro atoms. The van der Waals surface area contributed by atoms with Crippen LogP contribution < -0.4 is 0 Å². The van der Waals surface area contributed by atoms with Crippen molar-refractivity contribution in [3.05, 3.63) is 182 Å². The van der Waals surface area contributed by atoms with Crippen molar-refractivity contribution in [3.8, 4) is 0 Å². The first kappa shape index (κ1) is 75.5. The summed E-state index contributed by atoms with van der Waals surface area (Å²) in [6, 6.07) is 0. The van der Waals surface area contributed by atoms with E-state index in [1.54, 1.807) is 0 Å². The quantitative estimate of drug-likeness (QED) is 0.0261. The Bertz CT molecular complexity index is 1900. The topological polar surface area (TPSA) is 78.9 Å². The lowest BCUT2D eigenvalue weighted by Crippen LogP contribution is -2.30. The largest absolute Gasteiger partial charge is 0.462 e. The summed E-state index contributed by atoms with van der Waals surface area (Å²) in [5.41, 5.74) is 0. The molecule has 0 aliphatic heterocycles. The minimum Gasteiger partial charge on any atom is -0.462 e. The van der Waals surface area contributed by atoms with Crippen LogP contribution in [0.3, 0.4) is 0 Å². The summed E-state index contributed by atoms with van der Waals surface area (Å²) in [6.45, 7) is 6.22. The van der Waals surface area contributed by atoms with Crippen LogP contribution in [0.4, 0.5) is 0 Å². The Morgan fingerprint density at radius 1 is 0.247 bits per heavy atom. The van der Waals surface area contributed by atoms with Crippen LogP contribution in [0.1, 0.15) is 252 Å². The summed E-state index contributed by atoms with van der Waals surface area (Å²) < 4.78 is 16.8. The van der Waals surface area contributed by atoms with Crippen molar-refractivity contribution in [3.63, 3.8) is 0 Å². The van der Waals surface area contributed by atoms with Gasteiger partial charge in [-0.3, -0.25) is 14.4 Å². The molecule has 0 aliphatic carbocycles. The van der Waals surface area contributed by atoms with Gasteiger partial charge in [0, 0.05) is 19.3 Å². The van der Waals surface area contributed by atoms with Gasteiger partial charge in [0.05, 0.1) is 0 Å². The number of carbonyl (C=O) groups is 3. The highest BCUT2D eigenvalue weighted by Gasteiger charge is 2.19. The molecule has 6 nitrogen and oxygen atoms in total. The first-order valence-corrected chi connectivity index (χ1v) is 32.3. The molecule has 0 saturated carbocycles. The minimum atomic E-state index is -0.823. The number of ether oxygens (including phenoxy) is 3. The van der Waals surface area contributed by atoms with Crippen molar-refractivity contribution in [1.82, 2.24) is 0 Å². The second kappa shape index (κ2) is 67.0. The number of rotatable bonds is 56. The number of hydrogen-bond donors (Lipinski definition) is 0. The molecule has 0 radical (unpaired) electrons. The van der Waals surface area contributed by atoms with E-state index >= 15 is 0 Å². The standard InChI is InChI=1S/C75H116O6/c1-4-7-10-13-16-19-22-25-27-28-29-30-31-32-33-34-35-36-37-38-39-40-41-42-43-44-45-46-48-50-53-56-59-62-65-68-74(77)80-71-72(70-79-73(76)67-64-61-58-55-52-49-24-21-18-15-12-9-6-3)81-75(78)69-66-63-60-57-54-51-47-26-23-20-17-14-11-8-5-2/h7-12,16-21,25-27,29-30,32-33,35-36,38-39,41-42,47,49,52,54,57,72H,4-6,13-15,22-24,28,31,34,37,40,43-46,48,50-51,53,55-56,58-71H2,1-3H3/b10-7-,11-8-,12-9-,19-16-,20-17-,21-18-,27-25-,30-29-,33-32-,36-35-,39-38-,42-41-,47-26-,52-49-,57-54-. The summed E-state index contributed by atoms with van der Waals surface area (Å²) in [6.07, 6.45) is 101. The van der Waals surface area contributed by atoms with Crippen LogP contribution in [0.15, 0.2) is 182 Å². The lowest BCUT2D eigenvalue weighted by Gasteiger charge is -2.18. The summed E-state index contributed by atoms with van der Waals surface area (Å²) in [4.78, 5) is 38.2. The molecule has 0 fully saturated rings. The van der Waals surface area contributed by atoms with Crippen molar-refractivity contribution in [2.75, 3.05) is 13.2 Å². The zero-order valence-electron chi connectivity index (χ0n) is 51.7. The van der Waals surface area contributed by atoms with Gasteiger partial charge in [-0.05, 0) is 154 Å². The third kappa shape index (κ3) is 65.2. The summed E-state index contributed by atoms with van der Waals surface area (Å²) >= 11 is 0. The summed E-state index contributed by atoms with van der Waals surface area (Å²) in [5, 5.41) is 0. The predicted molar refractivity (Wildman–Crippen MR) is 352 cm³/mol. The van der Waals surface area contributed by atoms with Gasteiger partial charge in [-0.1, -0.05) is 261 Å². The molecule has 452 valence electrons. The Labute approximate surface area is 497 Å². The van der Waals surface area contributed by atoms with Crippen LogP contribution in [0.25, 0.3) is 0 Å². The molecule has 0 aliphatic rings. The second-order valence-electron chi connectivity index (χ2n) is 20.5. The molecule has 0 heterocycles. The Balaban J connectivity index is 4.29. The molecule has 81 heavy (non-hydrogen) atoms. The van der Waals surface area contributed by atoms with Crippen molar-refractivity contribution in [2.24, 2.45) is 0 Å². The smallest absolute Gasteiger partial charge is 0.306 e. The van der Waals surface area contributed by atoms with Gasteiger partial charge in [0.2, 0.25) is 0 Å². The van der Waals surface area contributed by atoms with Gasteiger partial charge in [0.15, 0.2) is 6.10 Å². The van der Waals surface area contributed by atoms with E-state index in [9.17, 15) is 14.4 Å². The van der Waals surface area contributed by atoms with Crippen LogP contribution in [0, 0.1) is 0 Å². The Morgan fingerprint density at radius 3 is 0.728 bits per heavy atom. The molecule has 0 aromatic heterocycles. The van der Waals surface area contributed by atoms with Gasteiger partial charge in [0.1, 0.15) is 13.2 Å². The first-order valence-electron chi connectivity index (χ1n) is 32.3. The van der Waals surface area contributed by atoms with E-state index in [1.165, 1.54) is 44.9 Å². The summed E-state index contributed by atoms with van der Waals surface area (Å²) in [5.74, 6) is -0.999. The SMILES string of the molecule is CC/C=C\C/C=C\C/C=C\C/C=C\C/C=C\C/C=C\C/C=C\C/C=C\CCCCCCCCCCCCC(=O)OCC(COC(=O)CCCCC/C=C\C/C=C\C/C=C\CC)OC(=O)CCCC/C=C\C/C=C\C/C=C\C/C=C\CC. The lowest BCUT2D eigenvalue weighted by atomic mass is 10.1. The maximum absolute atomic E-state index is 12.9. The van der Waals surface area contributed by atoms with E-state index in [2.05, 4.69) is 203 Å². The average Bonchev–Trinajstić information content (AvgIpc) is 3.46. The number of allylic oxidation sites excluding steroid dienone is 30. The van der Waals surface area contributed by atoms with E-state index in [0.29, 0.717) is 19.3 Å². The predicted octanol–water partition coefficient (Wildman–Crippen LogP) is 22.4. The summed E-state index contributed by atoms with van der Waals surface area (Å²) in [7, 11) is 0. The number of carbonyl (C=O) groups excluding carboxylic acids is 3. The van der Waals surface area contributed by atoms with E-state index in [4.69, 9.17) is 14.2 Å². The molecule has 0 aromatic carbocycles. The van der Waals surface area contributed by atoms with Crippen molar-refractivity contribution < 1.29 is 28.6 Å². The van der Waals surface area contributed by atoms with Gasteiger partial charge in [-0.15, -0.1) is 0 Å². The highest BCUT2D eigenvalue weighted by molar-refractivity contribution is 5.71. The number of unbranched alkanes of at least 4 members (excludes halogenated alkanes) is 15. The zero-order chi connectivity index (χ0) is 58.5. The second-order valence-corrected chi connectivity index (χ2v) is 20.5. The first-order chi connectivity index (χ1) is 40.0. The average molecular weight is 1110 g/mol. The number of esters is 3. The van der Waals surface area contributed by atoms with Crippen molar-refractivity contribution in [1.29, 1.82) is 0 Å². The fourth-order valence-corrected chi connectivity index (χ4v) is 8.17. The van der Waals surface area contributed by atoms with Crippen LogP contribution in [-0.2, 0) is 28.6 Å². The third-order valence-corrected chi connectivity index (χ3v) is 12.9. The monoisotopic (exact) mass is 1110 g/mol. The van der Waals surface area contributed by atoms with E-state index in [-0.39, 0.29) is 37.5 Å². The van der Waals surface area contributed by atoms with Crippen molar-refractivity contribution >= 4 is 17.9 Å². The van der Waals surface area contributed by atoms with E-state index in [1.807, 2.05) is 0 Å². The molecule has 0 amide bonds. The molecule has 0 bridgehead atoms. The normalized spacial score (nSPS) is 13.4. The van der Waals surface area contributed by atoms with Crippen LogP contribution in [-0.4, -0.2) is 37.2 Å². The maximum Gasteiger partial charge on any atom is 0.306 e. The lowest BCUT2D eigenvalue weighted by molar-refractivity contribution is -0.167. The van der Waals surface area contributed by atoms with Gasteiger partial charge in [-0.2, -0.15) is 0 Å². The maximum atomic E-state index is 12.9. The van der Waals surface area contributed by atoms with Crippen LogP contribution in [0.5, 0.6) is 0 Å². The Hall–Kier alpha value is -5.49. The Morgan fingerprint density at radius 2 is 0.444 bits per heavy atom. The molecule has 0 aromatic rings. The molecular weight excluding hydrogens is 997 g/mol. The highest BCUT2D eigenvalue weighted by Crippen LogP contribution is 2.14. The molecule has 6 heteroatoms. The molecular formula is C75H116O6. The van der Waals surface area contributed by atoms with Crippen LogP contribution in [0.2, 0.25) is 0 Å². The van der Waals surface area contributed by atoms with Crippen LogP contribution >= 0.6 is 0 Å². The minimum absolute atomic E-state index is 0.114. The van der Waals surface area contributed by atoms with Gasteiger partial charge < -0.3 is 14.2 Å². The molecule has 1 unspecified atom stereocenters. The van der Waals surface area contributed by atoms with Gasteiger partial charge >= 0.3 is 17.9 Å². The molecule has 0 rings (SSSR count). The Kier molecular flexibility index (Phi) is 62.5.